The predicted molar refractivity (Wildman–Crippen MR) is 129 cm³/mol. The van der Waals surface area contributed by atoms with Crippen molar-refractivity contribution in [2.45, 2.75) is 32.6 Å². The summed E-state index contributed by atoms with van der Waals surface area (Å²) in [5, 5.41) is 9.88. The van der Waals surface area contributed by atoms with E-state index in [-0.39, 0.29) is 10.9 Å². The maximum atomic E-state index is 13.6. The molecule has 4 rings (SSSR count). The first-order valence-corrected chi connectivity index (χ1v) is 11.2. The summed E-state index contributed by atoms with van der Waals surface area (Å²) in [6, 6.07) is 21.3. The number of benzene rings is 3. The van der Waals surface area contributed by atoms with Crippen molar-refractivity contribution in [3.8, 4) is 28.1 Å². The average Bonchev–Trinajstić information content (AvgIpc) is 2.83. The lowest BCUT2D eigenvalue weighted by Gasteiger charge is -2.09. The van der Waals surface area contributed by atoms with E-state index >= 15 is 0 Å². The zero-order chi connectivity index (χ0) is 23.2. The predicted octanol–water partition coefficient (Wildman–Crippen LogP) is 7.37. The molecule has 0 unspecified atom stereocenters. The summed E-state index contributed by atoms with van der Waals surface area (Å²) in [6.07, 6.45) is 4.71. The van der Waals surface area contributed by atoms with Crippen molar-refractivity contribution >= 4 is 16.9 Å². The van der Waals surface area contributed by atoms with Crippen LogP contribution >= 0.6 is 0 Å². The summed E-state index contributed by atoms with van der Waals surface area (Å²) in [5.74, 6) is -0.736. The Morgan fingerprint density at radius 1 is 0.879 bits per heavy atom. The number of ether oxygens (including phenoxy) is 1. The second-order valence-electron chi connectivity index (χ2n) is 8.03. The van der Waals surface area contributed by atoms with Gasteiger partial charge in [0.1, 0.15) is 11.6 Å². The maximum absolute atomic E-state index is 13.6. The molecule has 0 bridgehead atoms. The second-order valence-corrected chi connectivity index (χ2v) is 8.03. The summed E-state index contributed by atoms with van der Waals surface area (Å²) in [6.45, 7) is 2.93. The standard InChI is InChI=1S/C28H26FNO3/c1-2-3-4-5-16-33-23-13-10-20(11-14-23)19-6-8-21(9-7-19)27-18-25(28(31)32)24-17-22(29)12-15-26(24)30-27/h6-15,17-18H,2-5,16H2,1H3,(H,31,32). The first kappa shape index (κ1) is 22.5. The summed E-state index contributed by atoms with van der Waals surface area (Å²) in [7, 11) is 0. The number of aromatic carboxylic acids is 1. The molecule has 0 atom stereocenters. The van der Waals surface area contributed by atoms with Crippen molar-refractivity contribution in [1.29, 1.82) is 0 Å². The lowest BCUT2D eigenvalue weighted by molar-refractivity contribution is 0.0699. The minimum atomic E-state index is -1.11. The third kappa shape index (κ3) is 5.37. The molecule has 0 fully saturated rings. The largest absolute Gasteiger partial charge is 0.494 e. The fraction of sp³-hybridized carbons (Fsp3) is 0.214. The third-order valence-electron chi connectivity index (χ3n) is 5.64. The third-order valence-corrected chi connectivity index (χ3v) is 5.64. The first-order valence-electron chi connectivity index (χ1n) is 11.2. The van der Waals surface area contributed by atoms with Gasteiger partial charge in [-0.25, -0.2) is 14.2 Å². The lowest BCUT2D eigenvalue weighted by atomic mass is 10.0. The van der Waals surface area contributed by atoms with Crippen LogP contribution in [0.4, 0.5) is 4.39 Å². The van der Waals surface area contributed by atoms with Gasteiger partial charge >= 0.3 is 5.97 Å². The number of aromatic nitrogens is 1. The Hall–Kier alpha value is -3.73. The number of pyridine rings is 1. The quantitative estimate of drug-likeness (QED) is 0.274. The molecule has 0 aliphatic heterocycles. The molecule has 33 heavy (non-hydrogen) atoms. The van der Waals surface area contributed by atoms with E-state index < -0.39 is 11.8 Å². The van der Waals surface area contributed by atoms with Gasteiger partial charge in [-0.15, -0.1) is 0 Å². The number of carboxylic acid groups (broad SMARTS) is 1. The molecule has 0 aliphatic carbocycles. The Morgan fingerprint density at radius 2 is 1.55 bits per heavy atom. The SMILES string of the molecule is CCCCCCOc1ccc(-c2ccc(-c3cc(C(=O)O)c4cc(F)ccc4n3)cc2)cc1. The average molecular weight is 444 g/mol. The van der Waals surface area contributed by atoms with Gasteiger partial charge in [0.05, 0.1) is 23.4 Å². The minimum Gasteiger partial charge on any atom is -0.494 e. The molecule has 4 aromatic rings. The number of fused-ring (bicyclic) bond motifs is 1. The summed E-state index contributed by atoms with van der Waals surface area (Å²) in [5.41, 5.74) is 3.90. The fourth-order valence-electron chi connectivity index (χ4n) is 3.82. The van der Waals surface area contributed by atoms with Gasteiger partial charge in [0, 0.05) is 10.9 Å². The van der Waals surface area contributed by atoms with E-state index in [2.05, 4.69) is 11.9 Å². The van der Waals surface area contributed by atoms with Crippen LogP contribution in [0.25, 0.3) is 33.3 Å². The molecule has 3 aromatic carbocycles. The molecule has 0 saturated heterocycles. The highest BCUT2D eigenvalue weighted by Crippen LogP contribution is 2.29. The Bertz CT molecular complexity index is 1250. The fourth-order valence-corrected chi connectivity index (χ4v) is 3.82. The highest BCUT2D eigenvalue weighted by atomic mass is 19.1. The van der Waals surface area contributed by atoms with E-state index in [1.807, 2.05) is 48.5 Å². The summed E-state index contributed by atoms with van der Waals surface area (Å²) < 4.78 is 19.4. The number of rotatable bonds is 9. The normalized spacial score (nSPS) is 11.0. The van der Waals surface area contributed by atoms with Crippen molar-refractivity contribution < 1.29 is 19.0 Å². The van der Waals surface area contributed by atoms with Crippen LogP contribution < -0.4 is 4.74 Å². The Morgan fingerprint density at radius 3 is 2.21 bits per heavy atom. The van der Waals surface area contributed by atoms with E-state index in [1.165, 1.54) is 43.5 Å². The van der Waals surface area contributed by atoms with Crippen molar-refractivity contribution in [1.82, 2.24) is 4.98 Å². The van der Waals surface area contributed by atoms with E-state index in [4.69, 9.17) is 4.74 Å². The number of halogens is 1. The Labute approximate surface area is 192 Å². The molecule has 0 radical (unpaired) electrons. The van der Waals surface area contributed by atoms with Gasteiger partial charge in [-0.05, 0) is 53.9 Å². The van der Waals surface area contributed by atoms with Crippen molar-refractivity contribution in [2.24, 2.45) is 0 Å². The van der Waals surface area contributed by atoms with Gasteiger partial charge < -0.3 is 9.84 Å². The summed E-state index contributed by atoms with van der Waals surface area (Å²) >= 11 is 0. The van der Waals surface area contributed by atoms with Crippen molar-refractivity contribution in [2.75, 3.05) is 6.61 Å². The smallest absolute Gasteiger partial charge is 0.336 e. The second kappa shape index (κ2) is 10.3. The molecule has 0 spiro atoms. The van der Waals surface area contributed by atoms with Crippen LogP contribution in [-0.4, -0.2) is 22.7 Å². The van der Waals surface area contributed by atoms with Crippen LogP contribution in [0.3, 0.4) is 0 Å². The van der Waals surface area contributed by atoms with Crippen LogP contribution in [0.15, 0.2) is 72.8 Å². The molecule has 5 heteroatoms. The molecule has 0 amide bonds. The van der Waals surface area contributed by atoms with Crippen molar-refractivity contribution in [3.05, 3.63) is 84.2 Å². The van der Waals surface area contributed by atoms with Gasteiger partial charge in [-0.3, -0.25) is 0 Å². The lowest BCUT2D eigenvalue weighted by Crippen LogP contribution is -2.00. The van der Waals surface area contributed by atoms with Gasteiger partial charge in [-0.1, -0.05) is 62.6 Å². The van der Waals surface area contributed by atoms with Crippen LogP contribution in [0, 0.1) is 5.82 Å². The van der Waals surface area contributed by atoms with Crippen LogP contribution in [-0.2, 0) is 0 Å². The Kier molecular flexibility index (Phi) is 6.98. The molecular formula is C28H26FNO3. The molecule has 0 aliphatic rings. The molecular weight excluding hydrogens is 417 g/mol. The highest BCUT2D eigenvalue weighted by molar-refractivity contribution is 6.03. The van der Waals surface area contributed by atoms with Gasteiger partial charge in [0.2, 0.25) is 0 Å². The monoisotopic (exact) mass is 443 g/mol. The minimum absolute atomic E-state index is 0.0314. The summed E-state index contributed by atoms with van der Waals surface area (Å²) in [4.78, 5) is 16.3. The van der Waals surface area contributed by atoms with Crippen LogP contribution in [0.1, 0.15) is 43.0 Å². The number of hydrogen-bond donors (Lipinski definition) is 1. The van der Waals surface area contributed by atoms with E-state index in [0.29, 0.717) is 11.2 Å². The number of hydrogen-bond acceptors (Lipinski definition) is 3. The zero-order valence-electron chi connectivity index (χ0n) is 18.6. The molecule has 1 N–H and O–H groups in total. The number of carboxylic acids is 1. The molecule has 168 valence electrons. The number of carbonyl (C=O) groups is 1. The van der Waals surface area contributed by atoms with Gasteiger partial charge in [0.15, 0.2) is 0 Å². The molecule has 0 saturated carbocycles. The van der Waals surface area contributed by atoms with E-state index in [0.717, 1.165) is 35.5 Å². The highest BCUT2D eigenvalue weighted by Gasteiger charge is 2.14. The van der Waals surface area contributed by atoms with Gasteiger partial charge in [0.25, 0.3) is 0 Å². The van der Waals surface area contributed by atoms with Crippen LogP contribution in [0.5, 0.6) is 5.75 Å². The molecule has 1 heterocycles. The topological polar surface area (TPSA) is 59.4 Å². The van der Waals surface area contributed by atoms with E-state index in [1.54, 1.807) is 0 Å². The van der Waals surface area contributed by atoms with Crippen LogP contribution in [0.2, 0.25) is 0 Å². The first-order chi connectivity index (χ1) is 16.0. The van der Waals surface area contributed by atoms with Crippen molar-refractivity contribution in [3.63, 3.8) is 0 Å². The van der Waals surface area contributed by atoms with Gasteiger partial charge in [-0.2, -0.15) is 0 Å². The van der Waals surface area contributed by atoms with E-state index in [9.17, 15) is 14.3 Å². The number of unbranched alkanes of at least 4 members (excludes halogenated alkanes) is 3. The maximum Gasteiger partial charge on any atom is 0.336 e. The molecule has 4 nitrogen and oxygen atoms in total. The number of nitrogens with zero attached hydrogens (tertiary/aromatic N) is 1. The zero-order valence-corrected chi connectivity index (χ0v) is 18.6. The Balaban J connectivity index is 1.52. The molecule has 1 aromatic heterocycles.